The number of aryl methyl sites for hydroxylation is 1. The summed E-state index contributed by atoms with van der Waals surface area (Å²) in [4.78, 5) is -0.477. The molecule has 0 saturated heterocycles. The number of nitrogen functional groups attached to an aromatic ring is 1. The number of hydrogen-bond donors (Lipinski definition) is 1. The Hall–Kier alpha value is -1.95. The molecular weight excluding hydrogens is 284 g/mol. The Bertz CT molecular complexity index is 712. The third-order valence-electron chi connectivity index (χ3n) is 2.87. The Morgan fingerprint density at radius 2 is 1.65 bits per heavy atom. The van der Waals surface area contributed by atoms with Gasteiger partial charge in [0.25, 0.3) is 0 Å². The van der Waals surface area contributed by atoms with Crippen LogP contribution in [0.4, 0.5) is 14.5 Å². The zero-order chi connectivity index (χ0) is 14.8. The number of rotatable bonds is 4. The first kappa shape index (κ1) is 14.5. The number of sulfone groups is 1. The number of halogens is 2. The highest BCUT2D eigenvalue weighted by atomic mass is 32.2. The lowest BCUT2D eigenvalue weighted by Gasteiger charge is -2.06. The fourth-order valence-electron chi connectivity index (χ4n) is 1.77. The Morgan fingerprint density at radius 1 is 1.00 bits per heavy atom. The molecule has 2 N–H and O–H groups in total. The first-order valence-corrected chi connectivity index (χ1v) is 7.56. The van der Waals surface area contributed by atoms with Crippen molar-refractivity contribution in [3.05, 3.63) is 59.7 Å². The third kappa shape index (κ3) is 3.33. The molecule has 0 heterocycles. The topological polar surface area (TPSA) is 60.2 Å². The van der Waals surface area contributed by atoms with Crippen molar-refractivity contribution in [2.75, 3.05) is 11.5 Å². The highest BCUT2D eigenvalue weighted by Crippen LogP contribution is 2.18. The quantitative estimate of drug-likeness (QED) is 0.697. The second kappa shape index (κ2) is 5.58. The summed E-state index contributed by atoms with van der Waals surface area (Å²) in [5, 5.41) is 0. The van der Waals surface area contributed by atoms with Gasteiger partial charge in [-0.2, -0.15) is 0 Å². The molecule has 0 radical (unpaired) electrons. The van der Waals surface area contributed by atoms with E-state index in [1.807, 2.05) is 0 Å². The Balaban J connectivity index is 2.17. The van der Waals surface area contributed by atoms with Gasteiger partial charge in [0.05, 0.1) is 5.75 Å². The van der Waals surface area contributed by atoms with Crippen LogP contribution >= 0.6 is 0 Å². The van der Waals surface area contributed by atoms with Crippen LogP contribution in [-0.2, 0) is 16.3 Å². The lowest BCUT2D eigenvalue weighted by molar-refractivity contribution is 0.549. The first-order chi connectivity index (χ1) is 9.38. The molecule has 2 aromatic carbocycles. The normalized spacial score (nSPS) is 11.5. The van der Waals surface area contributed by atoms with Gasteiger partial charge in [0.2, 0.25) is 0 Å². The van der Waals surface area contributed by atoms with Crippen LogP contribution in [0.3, 0.4) is 0 Å². The smallest absolute Gasteiger partial charge is 0.181 e. The molecule has 0 unspecified atom stereocenters. The highest BCUT2D eigenvalue weighted by molar-refractivity contribution is 7.91. The van der Waals surface area contributed by atoms with Gasteiger partial charge in [-0.05, 0) is 36.2 Å². The zero-order valence-electron chi connectivity index (χ0n) is 10.5. The van der Waals surface area contributed by atoms with Crippen molar-refractivity contribution in [3.8, 4) is 0 Å². The minimum atomic E-state index is -3.79. The van der Waals surface area contributed by atoms with Crippen molar-refractivity contribution in [1.82, 2.24) is 0 Å². The van der Waals surface area contributed by atoms with E-state index in [2.05, 4.69) is 0 Å². The van der Waals surface area contributed by atoms with Gasteiger partial charge in [-0.3, -0.25) is 0 Å². The molecule has 2 rings (SSSR count). The minimum Gasteiger partial charge on any atom is -0.399 e. The standard InChI is InChI=1S/C14H13F2NO2S/c15-11-3-6-14(13(16)9-11)20(18,19)8-7-10-1-4-12(17)5-2-10/h1-6,9H,7-8,17H2. The molecule has 2 aromatic rings. The molecule has 6 heteroatoms. The van der Waals surface area contributed by atoms with Gasteiger partial charge >= 0.3 is 0 Å². The predicted octanol–water partition coefficient (Wildman–Crippen LogP) is 2.56. The van der Waals surface area contributed by atoms with E-state index >= 15 is 0 Å². The molecule has 0 aliphatic rings. The van der Waals surface area contributed by atoms with Crippen LogP contribution in [0, 0.1) is 11.6 Å². The van der Waals surface area contributed by atoms with Gasteiger partial charge in [0.15, 0.2) is 9.84 Å². The van der Waals surface area contributed by atoms with E-state index in [9.17, 15) is 17.2 Å². The maximum atomic E-state index is 13.5. The molecule has 0 bridgehead atoms. The Morgan fingerprint density at radius 3 is 2.25 bits per heavy atom. The summed E-state index contributed by atoms with van der Waals surface area (Å²) < 4.78 is 50.3. The van der Waals surface area contributed by atoms with Crippen molar-refractivity contribution in [2.45, 2.75) is 11.3 Å². The van der Waals surface area contributed by atoms with Gasteiger partial charge < -0.3 is 5.73 Å². The van der Waals surface area contributed by atoms with Crippen LogP contribution in [0.1, 0.15) is 5.56 Å². The lowest BCUT2D eigenvalue weighted by atomic mass is 10.2. The maximum absolute atomic E-state index is 13.5. The summed E-state index contributed by atoms with van der Waals surface area (Å²) >= 11 is 0. The number of benzene rings is 2. The van der Waals surface area contributed by atoms with Crippen molar-refractivity contribution < 1.29 is 17.2 Å². The fourth-order valence-corrected chi connectivity index (χ4v) is 3.13. The highest BCUT2D eigenvalue weighted by Gasteiger charge is 2.19. The Kier molecular flexibility index (Phi) is 4.04. The van der Waals surface area contributed by atoms with Gasteiger partial charge in [-0.1, -0.05) is 12.1 Å². The average Bonchev–Trinajstić information content (AvgIpc) is 2.37. The summed E-state index contributed by atoms with van der Waals surface area (Å²) in [6, 6.07) is 9.21. The summed E-state index contributed by atoms with van der Waals surface area (Å²) in [6.07, 6.45) is 0.236. The van der Waals surface area contributed by atoms with Crippen LogP contribution in [0.2, 0.25) is 0 Å². The van der Waals surface area contributed by atoms with E-state index in [1.165, 1.54) is 0 Å². The van der Waals surface area contributed by atoms with E-state index in [0.29, 0.717) is 11.8 Å². The summed E-state index contributed by atoms with van der Waals surface area (Å²) in [5.74, 6) is -2.12. The molecule has 0 atom stereocenters. The molecular formula is C14H13F2NO2S. The van der Waals surface area contributed by atoms with Crippen molar-refractivity contribution >= 4 is 15.5 Å². The SMILES string of the molecule is Nc1ccc(CCS(=O)(=O)c2ccc(F)cc2F)cc1. The molecule has 0 amide bonds. The van der Waals surface area contributed by atoms with Crippen molar-refractivity contribution in [1.29, 1.82) is 0 Å². The molecule has 0 aliphatic heterocycles. The molecule has 0 fully saturated rings. The fraction of sp³-hybridized carbons (Fsp3) is 0.143. The second-order valence-electron chi connectivity index (χ2n) is 4.39. The third-order valence-corrected chi connectivity index (χ3v) is 4.61. The van der Waals surface area contributed by atoms with Gasteiger partial charge in [0, 0.05) is 11.8 Å². The van der Waals surface area contributed by atoms with Crippen molar-refractivity contribution in [2.24, 2.45) is 0 Å². The van der Waals surface area contributed by atoms with Gasteiger partial charge in [-0.25, -0.2) is 17.2 Å². The van der Waals surface area contributed by atoms with Crippen LogP contribution in [0.5, 0.6) is 0 Å². The minimum absolute atomic E-state index is 0.236. The zero-order valence-corrected chi connectivity index (χ0v) is 11.3. The number of anilines is 1. The van der Waals surface area contributed by atoms with Crippen LogP contribution < -0.4 is 5.73 Å². The second-order valence-corrected chi connectivity index (χ2v) is 6.46. The molecule has 106 valence electrons. The monoisotopic (exact) mass is 297 g/mol. The van der Waals surface area contributed by atoms with Gasteiger partial charge in [0.1, 0.15) is 16.5 Å². The van der Waals surface area contributed by atoms with Crippen molar-refractivity contribution in [3.63, 3.8) is 0 Å². The first-order valence-electron chi connectivity index (χ1n) is 5.91. The van der Waals surface area contributed by atoms with Gasteiger partial charge in [-0.15, -0.1) is 0 Å². The lowest BCUT2D eigenvalue weighted by Crippen LogP contribution is -2.11. The number of nitrogens with two attached hydrogens (primary N) is 1. The van der Waals surface area contributed by atoms with E-state index in [0.717, 1.165) is 17.7 Å². The maximum Gasteiger partial charge on any atom is 0.181 e. The number of hydrogen-bond acceptors (Lipinski definition) is 3. The molecule has 0 aromatic heterocycles. The average molecular weight is 297 g/mol. The van der Waals surface area contributed by atoms with E-state index in [1.54, 1.807) is 24.3 Å². The molecule has 20 heavy (non-hydrogen) atoms. The predicted molar refractivity (Wildman–Crippen MR) is 73.0 cm³/mol. The van der Waals surface area contributed by atoms with E-state index in [-0.39, 0.29) is 12.2 Å². The molecule has 0 saturated carbocycles. The molecule has 3 nitrogen and oxygen atoms in total. The Labute approximate surface area is 116 Å². The summed E-state index contributed by atoms with van der Waals surface area (Å²) in [7, 11) is -3.79. The summed E-state index contributed by atoms with van der Waals surface area (Å²) in [5.41, 5.74) is 6.90. The van der Waals surface area contributed by atoms with E-state index < -0.39 is 26.4 Å². The van der Waals surface area contributed by atoms with Crippen LogP contribution in [0.25, 0.3) is 0 Å². The summed E-state index contributed by atoms with van der Waals surface area (Å²) in [6.45, 7) is 0. The van der Waals surface area contributed by atoms with Crippen LogP contribution in [0.15, 0.2) is 47.4 Å². The van der Waals surface area contributed by atoms with Crippen LogP contribution in [-0.4, -0.2) is 14.2 Å². The largest absolute Gasteiger partial charge is 0.399 e. The van der Waals surface area contributed by atoms with E-state index in [4.69, 9.17) is 5.73 Å². The molecule has 0 aliphatic carbocycles. The molecule has 0 spiro atoms.